The van der Waals surface area contributed by atoms with Gasteiger partial charge in [-0.25, -0.2) is 19.6 Å². The van der Waals surface area contributed by atoms with Crippen LogP contribution in [0.2, 0.25) is 0 Å². The van der Waals surface area contributed by atoms with Crippen molar-refractivity contribution in [3.05, 3.63) is 54.3 Å². The lowest BCUT2D eigenvalue weighted by atomic mass is 10.1. The van der Waals surface area contributed by atoms with Crippen molar-refractivity contribution in [3.8, 4) is 11.8 Å². The highest BCUT2D eigenvalue weighted by molar-refractivity contribution is 5.91. The van der Waals surface area contributed by atoms with Crippen molar-refractivity contribution in [3.63, 3.8) is 0 Å². The number of hydrogen-bond donors (Lipinski definition) is 1. The standard InChI is InChI=1S/C25H23N7O2/c1-3-20(33)31-11-8-16(13-31)32-23-21(22(26)27-14-28-23)17(30-32)6-4-15-5-7-19-18(12-15)29-24(34-19)25(2)9-10-25/h3,5,7,12,14,16H,1,8-11,13H2,2H3,(H2,26,27,28). The SMILES string of the molecule is C=CC(=O)N1CCC(n2nc(C#Cc3ccc4oc(C5(C)CC5)nc4c3)c3c(N)ncnc32)C1. The summed E-state index contributed by atoms with van der Waals surface area (Å²) in [6.45, 7) is 6.91. The molecule has 34 heavy (non-hydrogen) atoms. The first-order valence-electron chi connectivity index (χ1n) is 11.3. The van der Waals surface area contributed by atoms with Gasteiger partial charge < -0.3 is 15.1 Å². The van der Waals surface area contributed by atoms with Crippen LogP contribution in [-0.2, 0) is 10.2 Å². The summed E-state index contributed by atoms with van der Waals surface area (Å²) >= 11 is 0. The number of carbonyl (C=O) groups excluding carboxylic acids is 1. The van der Waals surface area contributed by atoms with Gasteiger partial charge in [-0.15, -0.1) is 0 Å². The van der Waals surface area contributed by atoms with Crippen molar-refractivity contribution in [2.45, 2.75) is 37.6 Å². The smallest absolute Gasteiger partial charge is 0.246 e. The molecule has 1 aliphatic carbocycles. The third-order valence-electron chi connectivity index (χ3n) is 6.74. The Morgan fingerprint density at radius 3 is 2.97 bits per heavy atom. The number of nitrogens with two attached hydrogens (primary N) is 1. The normalized spacial score (nSPS) is 18.7. The maximum atomic E-state index is 12.0. The second-order valence-corrected chi connectivity index (χ2v) is 9.19. The first-order chi connectivity index (χ1) is 16.4. The molecule has 9 nitrogen and oxygen atoms in total. The second-order valence-electron chi connectivity index (χ2n) is 9.19. The van der Waals surface area contributed by atoms with E-state index in [4.69, 9.17) is 15.2 Å². The predicted octanol–water partition coefficient (Wildman–Crippen LogP) is 2.96. The molecule has 4 heterocycles. The van der Waals surface area contributed by atoms with Crippen molar-refractivity contribution in [2.75, 3.05) is 18.8 Å². The molecule has 1 amide bonds. The molecule has 1 unspecified atom stereocenters. The van der Waals surface area contributed by atoms with Crippen molar-refractivity contribution >= 4 is 33.9 Å². The van der Waals surface area contributed by atoms with Crippen LogP contribution in [0.4, 0.5) is 5.82 Å². The minimum atomic E-state index is -0.0878. The highest BCUT2D eigenvalue weighted by Gasteiger charge is 2.43. The molecule has 0 spiro atoms. The molecule has 1 atom stereocenters. The highest BCUT2D eigenvalue weighted by atomic mass is 16.3. The van der Waals surface area contributed by atoms with Crippen LogP contribution in [-0.4, -0.2) is 48.6 Å². The van der Waals surface area contributed by atoms with Crippen LogP contribution in [0.3, 0.4) is 0 Å². The first-order valence-corrected chi connectivity index (χ1v) is 11.3. The summed E-state index contributed by atoms with van der Waals surface area (Å²) in [5, 5.41) is 5.36. The Morgan fingerprint density at radius 2 is 2.18 bits per heavy atom. The van der Waals surface area contributed by atoms with Crippen LogP contribution in [0.15, 0.2) is 41.6 Å². The van der Waals surface area contributed by atoms with Crippen molar-refractivity contribution in [2.24, 2.45) is 0 Å². The minimum Gasteiger partial charge on any atom is -0.440 e. The van der Waals surface area contributed by atoms with E-state index in [0.29, 0.717) is 35.6 Å². The third kappa shape index (κ3) is 3.30. The lowest BCUT2D eigenvalue weighted by Crippen LogP contribution is -2.27. The van der Waals surface area contributed by atoms with Gasteiger partial charge in [0.05, 0.1) is 11.4 Å². The molecule has 170 valence electrons. The van der Waals surface area contributed by atoms with Gasteiger partial charge in [0.25, 0.3) is 0 Å². The molecule has 1 saturated carbocycles. The number of oxazole rings is 1. The van der Waals surface area contributed by atoms with E-state index in [2.05, 4.69) is 40.3 Å². The van der Waals surface area contributed by atoms with Gasteiger partial charge in [0.15, 0.2) is 11.2 Å². The van der Waals surface area contributed by atoms with E-state index in [0.717, 1.165) is 41.8 Å². The first kappa shape index (κ1) is 20.4. The number of anilines is 1. The highest BCUT2D eigenvalue weighted by Crippen LogP contribution is 2.47. The van der Waals surface area contributed by atoms with E-state index in [1.165, 1.54) is 12.4 Å². The van der Waals surface area contributed by atoms with Crippen LogP contribution in [0, 0.1) is 11.8 Å². The second kappa shape index (κ2) is 7.42. The van der Waals surface area contributed by atoms with Gasteiger partial charge in [0.2, 0.25) is 11.8 Å². The molecule has 2 fully saturated rings. The monoisotopic (exact) mass is 453 g/mol. The van der Waals surface area contributed by atoms with E-state index in [1.54, 1.807) is 4.90 Å². The number of nitrogens with zero attached hydrogens (tertiary/aromatic N) is 6. The number of amides is 1. The summed E-state index contributed by atoms with van der Waals surface area (Å²) < 4.78 is 7.75. The maximum absolute atomic E-state index is 12.0. The zero-order chi connectivity index (χ0) is 23.4. The molecule has 2 aliphatic rings. The van der Waals surface area contributed by atoms with Crippen LogP contribution in [0.5, 0.6) is 0 Å². The Morgan fingerprint density at radius 1 is 1.32 bits per heavy atom. The van der Waals surface area contributed by atoms with Crippen LogP contribution < -0.4 is 5.73 Å². The molecule has 0 radical (unpaired) electrons. The maximum Gasteiger partial charge on any atom is 0.246 e. The van der Waals surface area contributed by atoms with E-state index in [-0.39, 0.29) is 17.4 Å². The summed E-state index contributed by atoms with van der Waals surface area (Å²) in [6.07, 6.45) is 5.72. The van der Waals surface area contributed by atoms with Crippen molar-refractivity contribution < 1.29 is 9.21 Å². The quantitative estimate of drug-likeness (QED) is 0.374. The molecule has 3 aromatic heterocycles. The van der Waals surface area contributed by atoms with Gasteiger partial charge in [-0.3, -0.25) is 4.79 Å². The Labute approximate surface area is 195 Å². The summed E-state index contributed by atoms with van der Waals surface area (Å²) in [5.41, 5.74) is 9.74. The zero-order valence-electron chi connectivity index (χ0n) is 18.8. The van der Waals surface area contributed by atoms with E-state index < -0.39 is 0 Å². The summed E-state index contributed by atoms with van der Waals surface area (Å²) in [5.74, 6) is 7.36. The van der Waals surface area contributed by atoms with Gasteiger partial charge >= 0.3 is 0 Å². The fraction of sp³-hybridized carbons (Fsp3) is 0.320. The number of nitrogen functional groups attached to an aromatic ring is 1. The summed E-state index contributed by atoms with van der Waals surface area (Å²) in [4.78, 5) is 27.0. The summed E-state index contributed by atoms with van der Waals surface area (Å²) in [7, 11) is 0. The fourth-order valence-electron chi connectivity index (χ4n) is 4.40. The van der Waals surface area contributed by atoms with Crippen molar-refractivity contribution in [1.29, 1.82) is 0 Å². The Bertz CT molecular complexity index is 1530. The Kier molecular flexibility index (Phi) is 4.45. The van der Waals surface area contributed by atoms with Crippen LogP contribution in [0.25, 0.3) is 22.1 Å². The molecule has 1 saturated heterocycles. The molecule has 1 aliphatic heterocycles. The van der Waals surface area contributed by atoms with Gasteiger partial charge in [0.1, 0.15) is 23.4 Å². The number of rotatable bonds is 3. The number of hydrogen-bond acceptors (Lipinski definition) is 7. The molecule has 4 aromatic rings. The predicted molar refractivity (Wildman–Crippen MR) is 127 cm³/mol. The molecule has 2 N–H and O–H groups in total. The van der Waals surface area contributed by atoms with Crippen molar-refractivity contribution in [1.82, 2.24) is 29.6 Å². The van der Waals surface area contributed by atoms with E-state index in [1.807, 2.05) is 22.9 Å². The Balaban J connectivity index is 1.36. The van der Waals surface area contributed by atoms with Gasteiger partial charge in [-0.1, -0.05) is 19.4 Å². The van der Waals surface area contributed by atoms with Gasteiger partial charge in [-0.2, -0.15) is 5.10 Å². The van der Waals surface area contributed by atoms with Crippen LogP contribution >= 0.6 is 0 Å². The number of carbonyl (C=O) groups is 1. The van der Waals surface area contributed by atoms with Crippen LogP contribution in [0.1, 0.15) is 49.4 Å². The molecule has 6 rings (SSSR count). The zero-order valence-corrected chi connectivity index (χ0v) is 18.8. The third-order valence-corrected chi connectivity index (χ3v) is 6.74. The summed E-state index contributed by atoms with van der Waals surface area (Å²) in [6, 6.07) is 5.72. The topological polar surface area (TPSA) is 116 Å². The van der Waals surface area contributed by atoms with E-state index in [9.17, 15) is 4.79 Å². The largest absolute Gasteiger partial charge is 0.440 e. The number of likely N-dealkylation sites (tertiary alicyclic amines) is 1. The molecule has 9 heteroatoms. The van der Waals surface area contributed by atoms with Gasteiger partial charge in [0, 0.05) is 24.1 Å². The Hall–Kier alpha value is -4.19. The van der Waals surface area contributed by atoms with E-state index >= 15 is 0 Å². The average molecular weight is 454 g/mol. The number of benzene rings is 1. The average Bonchev–Trinajstić information content (AvgIpc) is 3.23. The number of fused-ring (bicyclic) bond motifs is 2. The van der Waals surface area contributed by atoms with Gasteiger partial charge in [-0.05, 0) is 49.5 Å². The molecular weight excluding hydrogens is 430 g/mol. The molecular formula is C25H23N7O2. The lowest BCUT2D eigenvalue weighted by Gasteiger charge is -2.14. The lowest BCUT2D eigenvalue weighted by molar-refractivity contribution is -0.125. The molecule has 0 bridgehead atoms. The minimum absolute atomic E-state index is 0.0232. The molecule has 1 aromatic carbocycles. The fourth-order valence-corrected chi connectivity index (χ4v) is 4.40. The number of aromatic nitrogens is 5.